The van der Waals surface area contributed by atoms with Crippen LogP contribution in [0.5, 0.6) is 0 Å². The van der Waals surface area contributed by atoms with E-state index in [-0.39, 0.29) is 18.1 Å². The molecular formula is C32H59NO4P+. The molecule has 0 aliphatic heterocycles. The lowest BCUT2D eigenvalue weighted by molar-refractivity contribution is -0.870. The fourth-order valence-electron chi connectivity index (χ4n) is 9.39. The average Bonchev–Trinajstić information content (AvgIpc) is 3.15. The number of rotatable bonds is 11. The summed E-state index contributed by atoms with van der Waals surface area (Å²) in [4.78, 5) is 10.4. The van der Waals surface area contributed by atoms with Gasteiger partial charge in [-0.3, -0.25) is 9.05 Å². The Hall–Kier alpha value is -0.190. The zero-order chi connectivity index (χ0) is 27.9. The van der Waals surface area contributed by atoms with Crippen LogP contribution in [0.2, 0.25) is 0 Å². The summed E-state index contributed by atoms with van der Waals surface area (Å²) in [5, 5.41) is 0. The van der Waals surface area contributed by atoms with E-state index in [1.807, 2.05) is 21.1 Å². The fourth-order valence-corrected chi connectivity index (χ4v) is 10.3. The van der Waals surface area contributed by atoms with Gasteiger partial charge >= 0.3 is 7.82 Å². The first-order valence-corrected chi connectivity index (χ1v) is 17.3. The summed E-state index contributed by atoms with van der Waals surface area (Å²) >= 11 is 0. The van der Waals surface area contributed by atoms with Crippen molar-refractivity contribution in [1.29, 1.82) is 0 Å². The van der Waals surface area contributed by atoms with Crippen molar-refractivity contribution in [3.63, 3.8) is 0 Å². The van der Waals surface area contributed by atoms with Gasteiger partial charge in [0.15, 0.2) is 0 Å². The minimum Gasteiger partial charge on any atom is -0.329 e. The van der Waals surface area contributed by atoms with Crippen LogP contribution < -0.4 is 0 Å². The molecule has 5 nitrogen and oxygen atoms in total. The average molecular weight is 553 g/mol. The molecular weight excluding hydrogens is 493 g/mol. The first kappa shape index (κ1) is 30.8. The third kappa shape index (κ3) is 6.64. The van der Waals surface area contributed by atoms with Crippen LogP contribution >= 0.6 is 7.82 Å². The molecule has 38 heavy (non-hydrogen) atoms. The Morgan fingerprint density at radius 1 is 1.05 bits per heavy atom. The van der Waals surface area contributed by atoms with Gasteiger partial charge in [0.05, 0.1) is 27.2 Å². The van der Waals surface area contributed by atoms with E-state index in [1.165, 1.54) is 56.9 Å². The molecule has 4 rings (SSSR count). The van der Waals surface area contributed by atoms with Gasteiger partial charge in [0, 0.05) is 0 Å². The molecule has 3 saturated carbocycles. The zero-order valence-corrected chi connectivity index (χ0v) is 26.8. The lowest BCUT2D eigenvalue weighted by Crippen LogP contribution is -2.51. The Labute approximate surface area is 234 Å². The molecule has 0 radical (unpaired) electrons. The number of allylic oxidation sites excluding steroid dienone is 1. The molecule has 0 spiro atoms. The maximum absolute atomic E-state index is 12.7. The first-order valence-electron chi connectivity index (χ1n) is 15.8. The van der Waals surface area contributed by atoms with E-state index in [0.717, 1.165) is 54.8 Å². The molecule has 0 aromatic carbocycles. The lowest BCUT2D eigenvalue weighted by Gasteiger charge is -2.58. The monoisotopic (exact) mass is 552 g/mol. The van der Waals surface area contributed by atoms with Crippen LogP contribution in [-0.2, 0) is 13.6 Å². The van der Waals surface area contributed by atoms with E-state index in [9.17, 15) is 9.46 Å². The van der Waals surface area contributed by atoms with Gasteiger partial charge in [0.2, 0.25) is 0 Å². The second kappa shape index (κ2) is 11.6. The van der Waals surface area contributed by atoms with Crippen molar-refractivity contribution in [3.05, 3.63) is 11.6 Å². The maximum Gasteiger partial charge on any atom is 0.472 e. The Kier molecular flexibility index (Phi) is 9.38. The Bertz CT molecular complexity index is 896. The quantitative estimate of drug-likeness (QED) is 0.159. The molecule has 1 unspecified atom stereocenters. The highest BCUT2D eigenvalue weighted by Gasteiger charge is 2.59. The Balaban J connectivity index is 1.38. The molecule has 0 saturated heterocycles. The van der Waals surface area contributed by atoms with Gasteiger partial charge in [-0.2, -0.15) is 0 Å². The SMILES string of the molecule is CC(C)CCC[C@@H](C)[C@H]1CC[C@H]2[C@@H]3CC=C4C[C@@H](OP(=O)(O)OCC[N+](C)(C)C)CC[C@]4(C)[C@H]3CC[C@]12C. The molecule has 0 aromatic rings. The molecule has 4 aliphatic rings. The van der Waals surface area contributed by atoms with Crippen molar-refractivity contribution in [2.75, 3.05) is 34.3 Å². The fraction of sp³-hybridized carbons (Fsp3) is 0.938. The van der Waals surface area contributed by atoms with Crippen molar-refractivity contribution in [1.82, 2.24) is 0 Å². The predicted octanol–water partition coefficient (Wildman–Crippen LogP) is 8.24. The second-order valence-corrected chi connectivity index (χ2v) is 17.0. The van der Waals surface area contributed by atoms with Crippen molar-refractivity contribution in [2.24, 2.45) is 46.3 Å². The smallest absolute Gasteiger partial charge is 0.329 e. The van der Waals surface area contributed by atoms with Gasteiger partial charge < -0.3 is 9.38 Å². The number of quaternary nitrogens is 1. The number of fused-ring (bicyclic) bond motifs is 5. The van der Waals surface area contributed by atoms with Gasteiger partial charge in [-0.1, -0.05) is 65.5 Å². The van der Waals surface area contributed by atoms with Crippen molar-refractivity contribution < 1.29 is 23.0 Å². The summed E-state index contributed by atoms with van der Waals surface area (Å²) in [6.07, 6.45) is 15.9. The highest BCUT2D eigenvalue weighted by molar-refractivity contribution is 7.47. The zero-order valence-electron chi connectivity index (χ0n) is 25.9. The van der Waals surface area contributed by atoms with E-state index in [1.54, 1.807) is 0 Å². The van der Waals surface area contributed by atoms with Crippen LogP contribution in [0.3, 0.4) is 0 Å². The Morgan fingerprint density at radius 2 is 1.79 bits per heavy atom. The molecule has 0 amide bonds. The van der Waals surface area contributed by atoms with Crippen LogP contribution in [-0.4, -0.2) is 49.8 Å². The number of hydrogen-bond acceptors (Lipinski definition) is 3. The van der Waals surface area contributed by atoms with Gasteiger partial charge in [0.1, 0.15) is 13.2 Å². The van der Waals surface area contributed by atoms with E-state index in [2.05, 4.69) is 40.7 Å². The number of hydrogen-bond donors (Lipinski definition) is 1. The third-order valence-electron chi connectivity index (χ3n) is 11.6. The summed E-state index contributed by atoms with van der Waals surface area (Å²) in [7, 11) is 2.10. The van der Waals surface area contributed by atoms with E-state index >= 15 is 0 Å². The maximum atomic E-state index is 12.7. The molecule has 1 N–H and O–H groups in total. The standard InChI is InChI=1S/C32H58NO4P/c1-23(2)10-9-11-24(3)28-14-15-29-27-13-12-25-22-26(37-38(34,35)36-21-20-33(6,7)8)16-18-31(25,4)30(27)17-19-32(28,29)5/h12,23-24,26-30H,9-11,13-22H2,1-8H3/p+1/t24-,26+,27+,28-,29+,30+,31+,32-/m1/s1. The minimum absolute atomic E-state index is 0.217. The highest BCUT2D eigenvalue weighted by atomic mass is 31.2. The highest BCUT2D eigenvalue weighted by Crippen LogP contribution is 2.67. The normalized spacial score (nSPS) is 39.6. The second-order valence-electron chi connectivity index (χ2n) is 15.6. The molecule has 220 valence electrons. The van der Waals surface area contributed by atoms with Crippen molar-refractivity contribution >= 4 is 7.82 Å². The van der Waals surface area contributed by atoms with Crippen LogP contribution in [0.15, 0.2) is 11.6 Å². The van der Waals surface area contributed by atoms with Crippen LogP contribution in [0.4, 0.5) is 0 Å². The molecule has 3 fully saturated rings. The summed E-state index contributed by atoms with van der Waals surface area (Å²) in [6, 6.07) is 0. The van der Waals surface area contributed by atoms with E-state index < -0.39 is 7.82 Å². The number of nitrogens with zero attached hydrogens (tertiary/aromatic N) is 1. The van der Waals surface area contributed by atoms with Crippen molar-refractivity contribution in [2.45, 2.75) is 111 Å². The molecule has 0 bridgehead atoms. The molecule has 0 heterocycles. The first-order chi connectivity index (χ1) is 17.6. The summed E-state index contributed by atoms with van der Waals surface area (Å²) in [5.41, 5.74) is 2.21. The molecule has 6 heteroatoms. The van der Waals surface area contributed by atoms with Crippen LogP contribution in [0.1, 0.15) is 105 Å². The summed E-state index contributed by atoms with van der Waals surface area (Å²) < 4.78 is 24.4. The van der Waals surface area contributed by atoms with E-state index in [4.69, 9.17) is 9.05 Å². The van der Waals surface area contributed by atoms with Crippen molar-refractivity contribution in [3.8, 4) is 0 Å². The predicted molar refractivity (Wildman–Crippen MR) is 157 cm³/mol. The van der Waals surface area contributed by atoms with Gasteiger partial charge in [0.25, 0.3) is 0 Å². The largest absolute Gasteiger partial charge is 0.472 e. The van der Waals surface area contributed by atoms with Crippen LogP contribution in [0, 0.1) is 46.3 Å². The Morgan fingerprint density at radius 3 is 2.47 bits per heavy atom. The topological polar surface area (TPSA) is 55.8 Å². The third-order valence-corrected chi connectivity index (χ3v) is 12.6. The summed E-state index contributed by atoms with van der Waals surface area (Å²) in [6.45, 7) is 13.3. The summed E-state index contributed by atoms with van der Waals surface area (Å²) in [5.74, 6) is 4.96. The van der Waals surface area contributed by atoms with Gasteiger partial charge in [-0.15, -0.1) is 0 Å². The molecule has 0 aromatic heterocycles. The van der Waals surface area contributed by atoms with Crippen LogP contribution in [0.25, 0.3) is 0 Å². The van der Waals surface area contributed by atoms with Gasteiger partial charge in [-0.05, 0) is 97.7 Å². The molecule has 4 aliphatic carbocycles. The molecule has 9 atom stereocenters. The minimum atomic E-state index is -4.04. The lowest BCUT2D eigenvalue weighted by atomic mass is 9.47. The number of phosphoric ester groups is 1. The number of phosphoric acid groups is 1. The van der Waals surface area contributed by atoms with E-state index in [0.29, 0.717) is 16.4 Å². The van der Waals surface area contributed by atoms with Gasteiger partial charge in [-0.25, -0.2) is 4.57 Å². The number of likely N-dealkylation sites (N-methyl/N-ethyl adjacent to an activating group) is 1.